The van der Waals surface area contributed by atoms with Crippen LogP contribution in [0.15, 0.2) is 72.8 Å². The smallest absolute Gasteiger partial charge is 0.368 e. The number of anilines is 2. The first-order valence-corrected chi connectivity index (χ1v) is 13.3. The van der Waals surface area contributed by atoms with Gasteiger partial charge in [-0.25, -0.2) is 12.8 Å². The number of carbonyl (C=O) groups is 1. The van der Waals surface area contributed by atoms with Crippen molar-refractivity contribution in [3.63, 3.8) is 0 Å². The molecule has 1 saturated heterocycles. The van der Waals surface area contributed by atoms with E-state index in [0.717, 1.165) is 22.7 Å². The van der Waals surface area contributed by atoms with Crippen LogP contribution in [0.5, 0.6) is 0 Å². The van der Waals surface area contributed by atoms with E-state index in [4.69, 9.17) is 0 Å². The van der Waals surface area contributed by atoms with Crippen LogP contribution in [0, 0.1) is 5.82 Å². The first-order chi connectivity index (χ1) is 17.4. The van der Waals surface area contributed by atoms with E-state index in [9.17, 15) is 30.8 Å². The summed E-state index contributed by atoms with van der Waals surface area (Å²) in [5.41, 5.74) is 0.572. The minimum absolute atomic E-state index is 0.198. The summed E-state index contributed by atoms with van der Waals surface area (Å²) in [6.07, 6.45) is -3.40. The van der Waals surface area contributed by atoms with Gasteiger partial charge in [-0.05, 0) is 48.5 Å². The highest BCUT2D eigenvalue weighted by Gasteiger charge is 2.31. The molecule has 11 heteroatoms. The van der Waals surface area contributed by atoms with Crippen LogP contribution in [0.3, 0.4) is 0 Å². The van der Waals surface area contributed by atoms with Crippen LogP contribution < -0.4 is 9.21 Å². The number of sulfonamides is 1. The Labute approximate surface area is 212 Å². The van der Waals surface area contributed by atoms with Crippen LogP contribution in [-0.4, -0.2) is 51.7 Å². The van der Waals surface area contributed by atoms with Crippen LogP contribution in [0.1, 0.15) is 21.5 Å². The number of hydrogen-bond acceptors (Lipinski definition) is 4. The van der Waals surface area contributed by atoms with E-state index in [2.05, 4.69) is 0 Å². The molecule has 1 amide bonds. The average molecular weight is 536 g/mol. The summed E-state index contributed by atoms with van der Waals surface area (Å²) in [4.78, 5) is 16.4. The van der Waals surface area contributed by atoms with E-state index in [0.29, 0.717) is 37.4 Å². The lowest BCUT2D eigenvalue weighted by molar-refractivity contribution is -0.137. The fourth-order valence-electron chi connectivity index (χ4n) is 4.18. The van der Waals surface area contributed by atoms with Gasteiger partial charge in [0.25, 0.3) is 5.91 Å². The van der Waals surface area contributed by atoms with E-state index < -0.39 is 27.6 Å². The van der Waals surface area contributed by atoms with Crippen LogP contribution >= 0.6 is 0 Å². The van der Waals surface area contributed by atoms with Gasteiger partial charge in [0.05, 0.1) is 24.1 Å². The molecule has 0 spiro atoms. The summed E-state index contributed by atoms with van der Waals surface area (Å²) in [7, 11) is -3.74. The van der Waals surface area contributed by atoms with E-state index >= 15 is 0 Å². The van der Waals surface area contributed by atoms with Crippen molar-refractivity contribution in [2.75, 3.05) is 41.6 Å². The predicted octanol–water partition coefficient (Wildman–Crippen LogP) is 4.77. The van der Waals surface area contributed by atoms with Crippen molar-refractivity contribution in [1.82, 2.24) is 4.90 Å². The number of piperazine rings is 1. The number of amides is 1. The van der Waals surface area contributed by atoms with Gasteiger partial charge in [-0.2, -0.15) is 13.2 Å². The van der Waals surface area contributed by atoms with Gasteiger partial charge in [-0.3, -0.25) is 9.10 Å². The summed E-state index contributed by atoms with van der Waals surface area (Å²) < 4.78 is 79.1. The SMILES string of the molecule is CS(=O)(=O)N(Cc1ccccc1F)c1ccc(C(=O)N2CCN(c3cccc(C(F)(F)F)c3)CC2)cc1. The number of benzene rings is 3. The van der Waals surface area contributed by atoms with Crippen molar-refractivity contribution >= 4 is 27.3 Å². The number of alkyl halides is 3. The first-order valence-electron chi connectivity index (χ1n) is 11.5. The summed E-state index contributed by atoms with van der Waals surface area (Å²) in [6.45, 7) is 1.18. The van der Waals surface area contributed by atoms with Crippen LogP contribution in [0.25, 0.3) is 0 Å². The monoisotopic (exact) mass is 535 g/mol. The highest BCUT2D eigenvalue weighted by atomic mass is 32.2. The molecule has 0 radical (unpaired) electrons. The van der Waals surface area contributed by atoms with Gasteiger partial charge in [-0.15, -0.1) is 0 Å². The summed E-state index contributed by atoms with van der Waals surface area (Å²) in [5, 5.41) is 0. The summed E-state index contributed by atoms with van der Waals surface area (Å²) >= 11 is 0. The Kier molecular flexibility index (Phi) is 7.44. The molecule has 1 aliphatic heterocycles. The third kappa shape index (κ3) is 6.22. The van der Waals surface area contributed by atoms with E-state index in [1.165, 1.54) is 48.5 Å². The largest absolute Gasteiger partial charge is 0.416 e. The molecule has 1 fully saturated rings. The van der Waals surface area contributed by atoms with Gasteiger partial charge in [0.15, 0.2) is 0 Å². The third-order valence-electron chi connectivity index (χ3n) is 6.18. The molecule has 6 nitrogen and oxygen atoms in total. The Morgan fingerprint density at radius 1 is 0.919 bits per heavy atom. The normalized spacial score (nSPS) is 14.5. The van der Waals surface area contributed by atoms with E-state index in [1.54, 1.807) is 21.9 Å². The topological polar surface area (TPSA) is 60.9 Å². The van der Waals surface area contributed by atoms with Gasteiger partial charge < -0.3 is 9.80 Å². The molecule has 0 saturated carbocycles. The molecule has 0 atom stereocenters. The molecule has 1 aliphatic rings. The van der Waals surface area contributed by atoms with Crippen molar-refractivity contribution in [1.29, 1.82) is 0 Å². The number of rotatable bonds is 6. The van der Waals surface area contributed by atoms with Gasteiger partial charge >= 0.3 is 6.18 Å². The van der Waals surface area contributed by atoms with Crippen LogP contribution in [0.2, 0.25) is 0 Å². The zero-order valence-corrected chi connectivity index (χ0v) is 20.8. The molecule has 3 aromatic carbocycles. The van der Waals surface area contributed by atoms with Gasteiger partial charge in [0.2, 0.25) is 10.0 Å². The van der Waals surface area contributed by atoms with Gasteiger partial charge in [0, 0.05) is 43.0 Å². The van der Waals surface area contributed by atoms with Crippen LogP contribution in [0.4, 0.5) is 28.9 Å². The highest BCUT2D eigenvalue weighted by molar-refractivity contribution is 7.92. The minimum atomic E-state index is -4.43. The maximum atomic E-state index is 14.1. The van der Waals surface area contributed by atoms with E-state index in [-0.39, 0.29) is 23.7 Å². The second-order valence-electron chi connectivity index (χ2n) is 8.74. The maximum Gasteiger partial charge on any atom is 0.416 e. The molecule has 0 aromatic heterocycles. The zero-order valence-electron chi connectivity index (χ0n) is 20.0. The van der Waals surface area contributed by atoms with Crippen molar-refractivity contribution in [3.8, 4) is 0 Å². The summed E-state index contributed by atoms with van der Waals surface area (Å²) in [5.74, 6) is -0.789. The lowest BCUT2D eigenvalue weighted by Gasteiger charge is -2.36. The summed E-state index contributed by atoms with van der Waals surface area (Å²) in [6, 6.07) is 17.0. The number of halogens is 4. The second-order valence-corrected chi connectivity index (χ2v) is 10.6. The minimum Gasteiger partial charge on any atom is -0.368 e. The quantitative estimate of drug-likeness (QED) is 0.427. The molecule has 3 aromatic rings. The Morgan fingerprint density at radius 3 is 2.16 bits per heavy atom. The second kappa shape index (κ2) is 10.4. The van der Waals surface area contributed by atoms with Crippen LogP contribution in [-0.2, 0) is 22.7 Å². The highest BCUT2D eigenvalue weighted by Crippen LogP contribution is 2.32. The Morgan fingerprint density at radius 2 is 1.57 bits per heavy atom. The molecule has 1 heterocycles. The fraction of sp³-hybridized carbons (Fsp3) is 0.269. The van der Waals surface area contributed by atoms with Crippen molar-refractivity contribution in [2.24, 2.45) is 0 Å². The molecule has 0 aliphatic carbocycles. The van der Waals surface area contributed by atoms with Gasteiger partial charge in [0.1, 0.15) is 5.82 Å². The molecule has 0 unspecified atom stereocenters. The van der Waals surface area contributed by atoms with Crippen molar-refractivity contribution in [3.05, 3.63) is 95.3 Å². The molecule has 0 bridgehead atoms. The molecule has 196 valence electrons. The Hall–Kier alpha value is -3.60. The van der Waals surface area contributed by atoms with Gasteiger partial charge in [-0.1, -0.05) is 24.3 Å². The first kappa shape index (κ1) is 26.5. The number of carbonyl (C=O) groups excluding carboxylic acids is 1. The van der Waals surface area contributed by atoms with Crippen molar-refractivity contribution in [2.45, 2.75) is 12.7 Å². The number of hydrogen-bond donors (Lipinski definition) is 0. The molecule has 0 N–H and O–H groups in total. The lowest BCUT2D eigenvalue weighted by atomic mass is 10.1. The standard InChI is InChI=1S/C26H25F4N3O3S/c1-37(35,36)33(18-20-5-2-3-8-24(20)27)22-11-9-19(10-12-22)25(34)32-15-13-31(14-16-32)23-7-4-6-21(17-23)26(28,29)30/h2-12,17H,13-16,18H2,1H3. The zero-order chi connectivity index (χ0) is 26.8. The average Bonchev–Trinajstić information content (AvgIpc) is 2.87. The molecular weight excluding hydrogens is 510 g/mol. The molecule has 4 rings (SSSR count). The molecular formula is C26H25F4N3O3S. The Bertz CT molecular complexity index is 1370. The Balaban J connectivity index is 1.43. The lowest BCUT2D eigenvalue weighted by Crippen LogP contribution is -2.48. The fourth-order valence-corrected chi connectivity index (χ4v) is 5.06. The number of nitrogens with zero attached hydrogens (tertiary/aromatic N) is 3. The predicted molar refractivity (Wildman–Crippen MR) is 133 cm³/mol. The van der Waals surface area contributed by atoms with Crippen molar-refractivity contribution < 1.29 is 30.8 Å². The van der Waals surface area contributed by atoms with E-state index in [1.807, 2.05) is 0 Å². The maximum absolute atomic E-state index is 14.1. The third-order valence-corrected chi connectivity index (χ3v) is 7.32. The molecule has 37 heavy (non-hydrogen) atoms.